The summed E-state index contributed by atoms with van der Waals surface area (Å²) in [6, 6.07) is 92.9. The number of anilines is 3. The van der Waals surface area contributed by atoms with E-state index >= 15 is 0 Å². The van der Waals surface area contributed by atoms with Gasteiger partial charge in [0.2, 0.25) is 0 Å². The SMILES string of the molecule is c1ccc(-c2cccc3cccc(-c4ccccc4N(c4ccccc4-c4ccc5c(c4)c4ccccc4n5-c4ccccc4)c4ccccc4-c4cccc5ccccc45)c23)cc1. The quantitative estimate of drug-likeness (QED) is 0.148. The molecule has 0 spiro atoms. The van der Waals surface area contributed by atoms with Gasteiger partial charge in [0.1, 0.15) is 0 Å². The van der Waals surface area contributed by atoms with Crippen molar-refractivity contribution in [2.45, 2.75) is 0 Å². The molecule has 300 valence electrons. The molecule has 1 aromatic heterocycles. The molecule has 12 aromatic rings. The van der Waals surface area contributed by atoms with Crippen LogP contribution in [-0.2, 0) is 0 Å². The van der Waals surface area contributed by atoms with Gasteiger partial charge in [0.05, 0.1) is 28.1 Å². The lowest BCUT2D eigenvalue weighted by Crippen LogP contribution is -2.13. The molecule has 0 saturated carbocycles. The lowest BCUT2D eigenvalue weighted by molar-refractivity contribution is 1.18. The van der Waals surface area contributed by atoms with Crippen LogP contribution in [0.2, 0.25) is 0 Å². The van der Waals surface area contributed by atoms with Gasteiger partial charge in [-0.25, -0.2) is 0 Å². The van der Waals surface area contributed by atoms with Crippen LogP contribution in [0.4, 0.5) is 17.1 Å². The van der Waals surface area contributed by atoms with E-state index in [1.165, 1.54) is 65.6 Å². The van der Waals surface area contributed by atoms with E-state index in [9.17, 15) is 0 Å². The molecular weight excluding hydrogens is 773 g/mol. The predicted octanol–water partition coefficient (Wildman–Crippen LogP) is 17.2. The Morgan fingerprint density at radius 3 is 1.48 bits per heavy atom. The molecule has 0 unspecified atom stereocenters. The summed E-state index contributed by atoms with van der Waals surface area (Å²) >= 11 is 0. The minimum Gasteiger partial charge on any atom is -0.309 e. The largest absolute Gasteiger partial charge is 0.309 e. The molecule has 11 aromatic carbocycles. The monoisotopic (exact) mass is 814 g/mol. The molecule has 0 amide bonds. The van der Waals surface area contributed by atoms with Gasteiger partial charge in [-0.2, -0.15) is 0 Å². The Morgan fingerprint density at radius 1 is 0.266 bits per heavy atom. The summed E-state index contributed by atoms with van der Waals surface area (Å²) in [5.74, 6) is 0. The van der Waals surface area contributed by atoms with Crippen molar-refractivity contribution in [2.75, 3.05) is 4.90 Å². The first kappa shape index (κ1) is 37.3. The van der Waals surface area contributed by atoms with Crippen LogP contribution in [0.1, 0.15) is 0 Å². The summed E-state index contributed by atoms with van der Waals surface area (Å²) in [5.41, 5.74) is 16.2. The Kier molecular flexibility index (Phi) is 9.20. The Balaban J connectivity index is 1.14. The van der Waals surface area contributed by atoms with Gasteiger partial charge in [0.25, 0.3) is 0 Å². The molecule has 64 heavy (non-hydrogen) atoms. The number of rotatable bonds is 8. The van der Waals surface area contributed by atoms with E-state index in [0.717, 1.165) is 45.0 Å². The maximum atomic E-state index is 2.52. The average Bonchev–Trinajstić information content (AvgIpc) is 3.71. The molecule has 0 aliphatic carbocycles. The summed E-state index contributed by atoms with van der Waals surface area (Å²) in [6.45, 7) is 0. The highest BCUT2D eigenvalue weighted by atomic mass is 15.1. The van der Waals surface area contributed by atoms with Crippen molar-refractivity contribution in [3.8, 4) is 50.2 Å². The third-order valence-corrected chi connectivity index (χ3v) is 12.8. The van der Waals surface area contributed by atoms with Gasteiger partial charge in [-0.15, -0.1) is 0 Å². The molecule has 0 radical (unpaired) electrons. The van der Waals surface area contributed by atoms with Crippen LogP contribution < -0.4 is 4.90 Å². The molecular formula is C62H42N2. The molecule has 0 N–H and O–H groups in total. The molecule has 0 saturated heterocycles. The highest BCUT2D eigenvalue weighted by Gasteiger charge is 2.25. The minimum absolute atomic E-state index is 1.09. The molecule has 0 bridgehead atoms. The number of benzene rings is 11. The summed E-state index contributed by atoms with van der Waals surface area (Å²) < 4.78 is 2.39. The van der Waals surface area contributed by atoms with Gasteiger partial charge < -0.3 is 9.47 Å². The number of para-hydroxylation sites is 5. The summed E-state index contributed by atoms with van der Waals surface area (Å²) in [4.78, 5) is 2.52. The summed E-state index contributed by atoms with van der Waals surface area (Å²) in [5, 5.41) is 7.34. The van der Waals surface area contributed by atoms with Gasteiger partial charge in [0, 0.05) is 33.2 Å². The molecule has 0 atom stereocenters. The number of aromatic nitrogens is 1. The normalized spacial score (nSPS) is 11.4. The van der Waals surface area contributed by atoms with Crippen LogP contribution in [0.15, 0.2) is 255 Å². The first-order valence-corrected chi connectivity index (χ1v) is 22.0. The van der Waals surface area contributed by atoms with Gasteiger partial charge >= 0.3 is 0 Å². The van der Waals surface area contributed by atoms with E-state index < -0.39 is 0 Å². The van der Waals surface area contributed by atoms with Crippen LogP contribution in [0.25, 0.3) is 93.5 Å². The standard InChI is InChI=1S/C62H42N2/c1-3-20-44(21-4-1)50-33-18-24-45-25-19-35-55(62(45)50)53-31-11-16-39-60(53)64(59-38-15-10-30-52(59)51-34-17-23-43-22-7-8-28-48(43)51)57-36-13-9-29-49(57)46-40-41-61-56(42-46)54-32-12-14-37-58(54)63(61)47-26-5-2-6-27-47/h1-42H. The smallest absolute Gasteiger partial charge is 0.0541 e. The van der Waals surface area contributed by atoms with Crippen molar-refractivity contribution < 1.29 is 0 Å². The van der Waals surface area contributed by atoms with Crippen LogP contribution in [0.5, 0.6) is 0 Å². The van der Waals surface area contributed by atoms with Crippen molar-refractivity contribution in [3.05, 3.63) is 255 Å². The average molecular weight is 815 g/mol. The summed E-state index contributed by atoms with van der Waals surface area (Å²) in [6.07, 6.45) is 0. The maximum Gasteiger partial charge on any atom is 0.0541 e. The maximum absolute atomic E-state index is 2.52. The summed E-state index contributed by atoms with van der Waals surface area (Å²) in [7, 11) is 0. The fourth-order valence-corrected chi connectivity index (χ4v) is 9.97. The Morgan fingerprint density at radius 2 is 0.750 bits per heavy atom. The topological polar surface area (TPSA) is 8.17 Å². The second-order valence-corrected chi connectivity index (χ2v) is 16.4. The first-order valence-electron chi connectivity index (χ1n) is 22.0. The van der Waals surface area contributed by atoms with Crippen molar-refractivity contribution >= 4 is 60.4 Å². The highest BCUT2D eigenvalue weighted by Crippen LogP contribution is 2.50. The predicted molar refractivity (Wildman–Crippen MR) is 272 cm³/mol. The Bertz CT molecular complexity index is 3670. The zero-order valence-electron chi connectivity index (χ0n) is 35.1. The van der Waals surface area contributed by atoms with Crippen molar-refractivity contribution in [2.24, 2.45) is 0 Å². The number of fused-ring (bicyclic) bond motifs is 5. The second kappa shape index (κ2) is 15.8. The zero-order chi connectivity index (χ0) is 42.4. The van der Waals surface area contributed by atoms with Crippen LogP contribution in [-0.4, -0.2) is 4.57 Å². The molecule has 0 aliphatic heterocycles. The Hall–Kier alpha value is -8.46. The van der Waals surface area contributed by atoms with E-state index in [2.05, 4.69) is 264 Å². The van der Waals surface area contributed by atoms with E-state index in [4.69, 9.17) is 0 Å². The third kappa shape index (κ3) is 6.27. The zero-order valence-corrected chi connectivity index (χ0v) is 35.1. The molecule has 0 fully saturated rings. The number of hydrogen-bond acceptors (Lipinski definition) is 1. The van der Waals surface area contributed by atoms with Crippen molar-refractivity contribution in [3.63, 3.8) is 0 Å². The molecule has 2 heteroatoms. The van der Waals surface area contributed by atoms with Gasteiger partial charge in [0.15, 0.2) is 0 Å². The second-order valence-electron chi connectivity index (χ2n) is 16.4. The Labute approximate surface area is 373 Å². The van der Waals surface area contributed by atoms with Crippen LogP contribution in [0, 0.1) is 0 Å². The first-order chi connectivity index (χ1) is 31.8. The fourth-order valence-electron chi connectivity index (χ4n) is 9.97. The molecule has 1 heterocycles. The number of hydrogen-bond donors (Lipinski definition) is 0. The highest BCUT2D eigenvalue weighted by molar-refractivity contribution is 6.12. The van der Waals surface area contributed by atoms with Gasteiger partial charge in [-0.3, -0.25) is 0 Å². The minimum atomic E-state index is 1.09. The van der Waals surface area contributed by atoms with Crippen molar-refractivity contribution in [1.29, 1.82) is 0 Å². The van der Waals surface area contributed by atoms with E-state index in [1.807, 2.05) is 0 Å². The van der Waals surface area contributed by atoms with Gasteiger partial charge in [-0.1, -0.05) is 206 Å². The van der Waals surface area contributed by atoms with E-state index in [1.54, 1.807) is 0 Å². The van der Waals surface area contributed by atoms with E-state index in [-0.39, 0.29) is 0 Å². The van der Waals surface area contributed by atoms with Crippen LogP contribution >= 0.6 is 0 Å². The fraction of sp³-hybridized carbons (Fsp3) is 0. The van der Waals surface area contributed by atoms with Gasteiger partial charge in [-0.05, 0) is 97.9 Å². The lowest BCUT2D eigenvalue weighted by atomic mass is 9.90. The molecule has 12 rings (SSSR count). The van der Waals surface area contributed by atoms with Crippen LogP contribution in [0.3, 0.4) is 0 Å². The molecule has 0 aliphatic rings. The molecule has 2 nitrogen and oxygen atoms in total. The third-order valence-electron chi connectivity index (χ3n) is 12.8. The number of nitrogens with zero attached hydrogens (tertiary/aromatic N) is 2. The lowest BCUT2D eigenvalue weighted by Gasteiger charge is -2.32. The van der Waals surface area contributed by atoms with E-state index in [0.29, 0.717) is 0 Å². The van der Waals surface area contributed by atoms with Crippen molar-refractivity contribution in [1.82, 2.24) is 4.57 Å².